The lowest BCUT2D eigenvalue weighted by molar-refractivity contribution is -0.0385. The Labute approximate surface area is 113 Å². The number of ether oxygens (including phenoxy) is 2. The number of hydrogen-bond donors (Lipinski definition) is 1. The molecule has 3 rings (SSSR count). The third-order valence-corrected chi connectivity index (χ3v) is 3.96. The first kappa shape index (κ1) is 12.9. The monoisotopic (exact) mass is 263 g/mol. The summed E-state index contributed by atoms with van der Waals surface area (Å²) in [5, 5.41) is 9.38. The molecule has 4 nitrogen and oxygen atoms in total. The molecular weight excluding hydrogens is 242 g/mol. The molecule has 0 radical (unpaired) electrons. The number of benzene rings is 1. The van der Waals surface area contributed by atoms with Crippen LogP contribution in [0.25, 0.3) is 0 Å². The first-order valence-electron chi connectivity index (χ1n) is 6.95. The van der Waals surface area contributed by atoms with Crippen LogP contribution in [0, 0.1) is 6.92 Å². The van der Waals surface area contributed by atoms with Crippen molar-refractivity contribution >= 4 is 0 Å². The average Bonchev–Trinajstić information content (AvgIpc) is 2.80. The van der Waals surface area contributed by atoms with Gasteiger partial charge < -0.3 is 14.6 Å². The fourth-order valence-electron chi connectivity index (χ4n) is 2.91. The van der Waals surface area contributed by atoms with Gasteiger partial charge in [-0.05, 0) is 18.6 Å². The molecule has 1 fully saturated rings. The molecule has 4 heteroatoms. The highest BCUT2D eigenvalue weighted by molar-refractivity contribution is 5.40. The van der Waals surface area contributed by atoms with Crippen molar-refractivity contribution in [2.45, 2.75) is 25.5 Å². The number of aliphatic hydroxyl groups excluding tert-OH is 1. The van der Waals surface area contributed by atoms with Crippen molar-refractivity contribution in [3.8, 4) is 5.75 Å². The molecule has 1 N–H and O–H groups in total. The van der Waals surface area contributed by atoms with Crippen LogP contribution in [0.5, 0.6) is 5.75 Å². The number of aliphatic hydroxyl groups is 1. The van der Waals surface area contributed by atoms with Crippen LogP contribution in [0.1, 0.15) is 11.1 Å². The Hall–Kier alpha value is -1.10. The maximum atomic E-state index is 9.38. The summed E-state index contributed by atoms with van der Waals surface area (Å²) in [4.78, 5) is 2.28. The van der Waals surface area contributed by atoms with Gasteiger partial charge in [0.1, 0.15) is 11.9 Å². The van der Waals surface area contributed by atoms with Crippen molar-refractivity contribution in [2.75, 3.05) is 32.9 Å². The van der Waals surface area contributed by atoms with Crippen molar-refractivity contribution in [1.82, 2.24) is 4.90 Å². The summed E-state index contributed by atoms with van der Waals surface area (Å²) in [5.41, 5.74) is 2.58. The van der Waals surface area contributed by atoms with Crippen molar-refractivity contribution in [2.24, 2.45) is 0 Å². The molecule has 0 bridgehead atoms. The molecule has 2 heterocycles. The Morgan fingerprint density at radius 3 is 3.16 bits per heavy atom. The van der Waals surface area contributed by atoms with Gasteiger partial charge in [0.25, 0.3) is 0 Å². The van der Waals surface area contributed by atoms with Gasteiger partial charge in [-0.1, -0.05) is 17.7 Å². The number of fused-ring (bicyclic) bond motifs is 1. The standard InChI is InChI=1S/C15H21NO3/c1-11-2-3-15-12(6-11)7-14(19-15)8-16-4-5-18-10-13(16)9-17/h2-3,6,13-14,17H,4-5,7-10H2,1H3. The van der Waals surface area contributed by atoms with E-state index in [2.05, 4.69) is 30.0 Å². The van der Waals surface area contributed by atoms with Crippen LogP contribution in [0.4, 0.5) is 0 Å². The van der Waals surface area contributed by atoms with E-state index in [1.54, 1.807) is 0 Å². The molecule has 2 unspecified atom stereocenters. The van der Waals surface area contributed by atoms with Gasteiger partial charge >= 0.3 is 0 Å². The van der Waals surface area contributed by atoms with E-state index in [9.17, 15) is 5.11 Å². The molecule has 0 aromatic heterocycles. The number of morpholine rings is 1. The summed E-state index contributed by atoms with van der Waals surface area (Å²) in [6, 6.07) is 6.47. The molecule has 0 spiro atoms. The maximum Gasteiger partial charge on any atom is 0.123 e. The molecule has 1 aromatic carbocycles. The van der Waals surface area contributed by atoms with Gasteiger partial charge in [-0.2, -0.15) is 0 Å². The van der Waals surface area contributed by atoms with Gasteiger partial charge in [0, 0.05) is 19.5 Å². The van der Waals surface area contributed by atoms with E-state index < -0.39 is 0 Å². The quantitative estimate of drug-likeness (QED) is 0.883. The highest BCUT2D eigenvalue weighted by Gasteiger charge is 2.29. The third-order valence-electron chi connectivity index (χ3n) is 3.96. The summed E-state index contributed by atoms with van der Waals surface area (Å²) in [5.74, 6) is 1.02. The number of hydrogen-bond acceptors (Lipinski definition) is 4. The van der Waals surface area contributed by atoms with E-state index in [1.807, 2.05) is 0 Å². The minimum atomic E-state index is 0.114. The SMILES string of the molecule is Cc1ccc2c(c1)CC(CN1CCOCC1CO)O2. The molecule has 1 aromatic rings. The number of aryl methyl sites for hydroxylation is 1. The molecule has 19 heavy (non-hydrogen) atoms. The van der Waals surface area contributed by atoms with Crippen LogP contribution in [-0.4, -0.2) is 55.1 Å². The predicted molar refractivity (Wildman–Crippen MR) is 72.6 cm³/mol. The van der Waals surface area contributed by atoms with E-state index in [-0.39, 0.29) is 18.8 Å². The van der Waals surface area contributed by atoms with Gasteiger partial charge in [-0.25, -0.2) is 0 Å². The van der Waals surface area contributed by atoms with Gasteiger partial charge in [-0.3, -0.25) is 4.90 Å². The highest BCUT2D eigenvalue weighted by Crippen LogP contribution is 2.30. The summed E-state index contributed by atoms with van der Waals surface area (Å²) in [6.45, 7) is 5.36. The lowest BCUT2D eigenvalue weighted by Crippen LogP contribution is -2.50. The zero-order chi connectivity index (χ0) is 13.2. The first-order chi connectivity index (χ1) is 9.26. The minimum absolute atomic E-state index is 0.114. The Kier molecular flexibility index (Phi) is 3.73. The van der Waals surface area contributed by atoms with E-state index in [0.29, 0.717) is 6.61 Å². The highest BCUT2D eigenvalue weighted by atomic mass is 16.5. The summed E-state index contributed by atoms with van der Waals surface area (Å²) in [6.07, 6.45) is 1.16. The van der Waals surface area contributed by atoms with Gasteiger partial charge in [0.15, 0.2) is 0 Å². The van der Waals surface area contributed by atoms with Gasteiger partial charge in [0.2, 0.25) is 0 Å². The third kappa shape index (κ3) is 2.76. The molecule has 1 saturated heterocycles. The zero-order valence-corrected chi connectivity index (χ0v) is 11.3. The second-order valence-electron chi connectivity index (χ2n) is 5.46. The predicted octanol–water partition coefficient (Wildman–Crippen LogP) is 0.992. The van der Waals surface area contributed by atoms with Crippen molar-refractivity contribution in [3.05, 3.63) is 29.3 Å². The van der Waals surface area contributed by atoms with Crippen molar-refractivity contribution in [3.63, 3.8) is 0 Å². The average molecular weight is 263 g/mol. The lowest BCUT2D eigenvalue weighted by Gasteiger charge is -2.35. The summed E-state index contributed by atoms with van der Waals surface area (Å²) < 4.78 is 11.4. The lowest BCUT2D eigenvalue weighted by atomic mass is 10.1. The summed E-state index contributed by atoms with van der Waals surface area (Å²) in [7, 11) is 0. The zero-order valence-electron chi connectivity index (χ0n) is 11.3. The van der Waals surface area contributed by atoms with E-state index in [1.165, 1.54) is 11.1 Å². The molecular formula is C15H21NO3. The van der Waals surface area contributed by atoms with Crippen molar-refractivity contribution < 1.29 is 14.6 Å². The minimum Gasteiger partial charge on any atom is -0.488 e. The molecule has 2 aliphatic heterocycles. The maximum absolute atomic E-state index is 9.38. The molecule has 104 valence electrons. The van der Waals surface area contributed by atoms with Crippen LogP contribution >= 0.6 is 0 Å². The van der Waals surface area contributed by atoms with Gasteiger partial charge in [-0.15, -0.1) is 0 Å². The van der Waals surface area contributed by atoms with E-state index >= 15 is 0 Å². The van der Waals surface area contributed by atoms with Crippen molar-refractivity contribution in [1.29, 1.82) is 0 Å². The van der Waals surface area contributed by atoms with E-state index in [4.69, 9.17) is 9.47 Å². The second kappa shape index (κ2) is 5.49. The Morgan fingerprint density at radius 2 is 2.32 bits per heavy atom. The Bertz CT molecular complexity index is 449. The van der Waals surface area contributed by atoms with E-state index in [0.717, 1.165) is 31.9 Å². The molecule has 2 aliphatic rings. The topological polar surface area (TPSA) is 41.9 Å². The molecule has 0 amide bonds. The van der Waals surface area contributed by atoms with Gasteiger partial charge in [0.05, 0.1) is 25.9 Å². The molecule has 2 atom stereocenters. The molecule has 0 aliphatic carbocycles. The van der Waals surface area contributed by atoms with Crippen LogP contribution in [0.3, 0.4) is 0 Å². The number of nitrogens with zero attached hydrogens (tertiary/aromatic N) is 1. The second-order valence-corrected chi connectivity index (χ2v) is 5.46. The normalized spacial score (nSPS) is 27.1. The Balaban J connectivity index is 1.63. The fourth-order valence-corrected chi connectivity index (χ4v) is 2.91. The smallest absolute Gasteiger partial charge is 0.123 e. The Morgan fingerprint density at radius 1 is 1.42 bits per heavy atom. The summed E-state index contributed by atoms with van der Waals surface area (Å²) >= 11 is 0. The van der Waals surface area contributed by atoms with Crippen LogP contribution in [-0.2, 0) is 11.2 Å². The van der Waals surface area contributed by atoms with Crippen LogP contribution in [0.2, 0.25) is 0 Å². The number of rotatable bonds is 3. The van der Waals surface area contributed by atoms with Crippen LogP contribution in [0.15, 0.2) is 18.2 Å². The fraction of sp³-hybridized carbons (Fsp3) is 0.600. The van der Waals surface area contributed by atoms with Crippen LogP contribution < -0.4 is 4.74 Å². The first-order valence-corrected chi connectivity index (χ1v) is 6.95. The largest absolute Gasteiger partial charge is 0.488 e. The molecule has 0 saturated carbocycles.